The minimum absolute atomic E-state index is 0.239. The molecule has 158 valence electrons. The molecule has 0 spiro atoms. The lowest BCUT2D eigenvalue weighted by molar-refractivity contribution is 0.240. The second-order valence-corrected chi connectivity index (χ2v) is 6.40. The zero-order valence-electron chi connectivity index (χ0n) is 17.1. The number of pyridine rings is 1. The van der Waals surface area contributed by atoms with Gasteiger partial charge in [0.1, 0.15) is 5.69 Å². The van der Waals surface area contributed by atoms with Crippen LogP contribution >= 0.6 is 0 Å². The molecule has 0 saturated heterocycles. The lowest BCUT2D eigenvalue weighted by atomic mass is 10.2. The molecule has 2 aromatic heterocycles. The predicted octanol–water partition coefficient (Wildman–Crippen LogP) is 1.16. The van der Waals surface area contributed by atoms with E-state index in [-0.39, 0.29) is 24.8 Å². The van der Waals surface area contributed by atoms with Crippen LogP contribution in [-0.2, 0) is 20.1 Å². The van der Waals surface area contributed by atoms with E-state index < -0.39 is 0 Å². The van der Waals surface area contributed by atoms with E-state index in [0.29, 0.717) is 29.6 Å². The molecule has 0 aliphatic rings. The molecule has 0 fully saturated rings. The number of nitrogens with zero attached hydrogens (tertiary/aromatic N) is 4. The zero-order chi connectivity index (χ0) is 21.5. The van der Waals surface area contributed by atoms with Gasteiger partial charge in [0.05, 0.1) is 20.8 Å². The van der Waals surface area contributed by atoms with Gasteiger partial charge < -0.3 is 20.1 Å². The van der Waals surface area contributed by atoms with Crippen LogP contribution in [0.25, 0.3) is 11.5 Å². The molecule has 3 aromatic rings. The molecular weight excluding hydrogens is 388 g/mol. The fraction of sp³-hybridized carbons (Fsp3) is 0.300. The van der Waals surface area contributed by atoms with Gasteiger partial charge >= 0.3 is 11.7 Å². The quantitative estimate of drug-likeness (QED) is 0.574. The molecule has 2 heterocycles. The maximum Gasteiger partial charge on any atom is 0.346 e. The van der Waals surface area contributed by atoms with Crippen molar-refractivity contribution >= 4 is 6.03 Å². The van der Waals surface area contributed by atoms with Crippen LogP contribution in [0, 0.1) is 0 Å². The van der Waals surface area contributed by atoms with Crippen molar-refractivity contribution in [1.82, 2.24) is 30.0 Å². The van der Waals surface area contributed by atoms with E-state index in [1.807, 2.05) is 12.1 Å². The number of hydrogen-bond acceptors (Lipinski definition) is 6. The fourth-order valence-electron chi connectivity index (χ4n) is 2.86. The molecule has 2 amide bonds. The third-order valence-electron chi connectivity index (χ3n) is 4.45. The molecule has 0 saturated carbocycles. The summed E-state index contributed by atoms with van der Waals surface area (Å²) in [4.78, 5) is 28.6. The fourth-order valence-corrected chi connectivity index (χ4v) is 2.86. The maximum absolute atomic E-state index is 12.3. The number of urea groups is 1. The van der Waals surface area contributed by atoms with Crippen LogP contribution in [0.1, 0.15) is 5.56 Å². The summed E-state index contributed by atoms with van der Waals surface area (Å²) in [5.74, 6) is 1.69. The standard InChI is InChI=1S/C20H24N6O4/c1-25-18(15-6-4-5-9-21-15)24-26(20(25)28)11-10-22-19(27)23-13-14-7-8-16(29-2)17(12-14)30-3/h4-9,12H,10-11,13H2,1-3H3,(H2,22,23,27). The number of amides is 2. The van der Waals surface area contributed by atoms with Gasteiger partial charge in [0.2, 0.25) is 0 Å². The Bertz CT molecular complexity index is 1060. The molecule has 1 aromatic carbocycles. The Morgan fingerprint density at radius 3 is 2.60 bits per heavy atom. The van der Waals surface area contributed by atoms with Crippen LogP contribution in [-0.4, -0.2) is 46.1 Å². The summed E-state index contributed by atoms with van der Waals surface area (Å²) in [6.45, 7) is 0.805. The minimum atomic E-state index is -0.348. The number of benzene rings is 1. The molecule has 10 heteroatoms. The van der Waals surface area contributed by atoms with E-state index in [1.54, 1.807) is 51.7 Å². The number of rotatable bonds is 8. The Morgan fingerprint density at radius 1 is 1.10 bits per heavy atom. The number of ether oxygens (including phenoxy) is 2. The summed E-state index contributed by atoms with van der Waals surface area (Å²) in [5.41, 5.74) is 1.20. The first-order chi connectivity index (χ1) is 14.5. The highest BCUT2D eigenvalue weighted by molar-refractivity contribution is 5.73. The van der Waals surface area contributed by atoms with Crippen molar-refractivity contribution in [2.45, 2.75) is 13.1 Å². The van der Waals surface area contributed by atoms with Crippen molar-refractivity contribution in [3.63, 3.8) is 0 Å². The molecule has 0 atom stereocenters. The third kappa shape index (κ3) is 4.77. The Hall–Kier alpha value is -3.82. The zero-order valence-corrected chi connectivity index (χ0v) is 17.1. The number of methoxy groups -OCH3 is 2. The summed E-state index contributed by atoms with van der Waals surface area (Å²) in [7, 11) is 4.76. The number of nitrogens with one attached hydrogen (secondary N) is 2. The molecule has 0 bridgehead atoms. The molecule has 0 radical (unpaired) electrons. The highest BCUT2D eigenvalue weighted by Gasteiger charge is 2.13. The van der Waals surface area contributed by atoms with Crippen LogP contribution in [0.15, 0.2) is 47.4 Å². The lowest BCUT2D eigenvalue weighted by Crippen LogP contribution is -2.38. The third-order valence-corrected chi connectivity index (χ3v) is 4.45. The normalized spacial score (nSPS) is 10.5. The van der Waals surface area contributed by atoms with Gasteiger partial charge in [0.25, 0.3) is 0 Å². The number of aromatic nitrogens is 4. The molecule has 30 heavy (non-hydrogen) atoms. The maximum atomic E-state index is 12.3. The van der Waals surface area contributed by atoms with Crippen LogP contribution in [0.4, 0.5) is 4.79 Å². The Kier molecular flexibility index (Phi) is 6.68. The van der Waals surface area contributed by atoms with Crippen molar-refractivity contribution in [3.05, 3.63) is 58.6 Å². The second-order valence-electron chi connectivity index (χ2n) is 6.40. The SMILES string of the molecule is COc1ccc(CNC(=O)NCCn2nc(-c3ccccn3)n(C)c2=O)cc1OC. The number of hydrogen-bond donors (Lipinski definition) is 2. The van der Waals surface area contributed by atoms with Crippen molar-refractivity contribution in [2.24, 2.45) is 7.05 Å². The molecule has 3 rings (SSSR count). The van der Waals surface area contributed by atoms with Crippen LogP contribution in [0.2, 0.25) is 0 Å². The number of carbonyl (C=O) groups excluding carboxylic acids is 1. The molecular formula is C20H24N6O4. The minimum Gasteiger partial charge on any atom is -0.493 e. The summed E-state index contributed by atoms with van der Waals surface area (Å²) < 4.78 is 13.2. The average Bonchev–Trinajstić information content (AvgIpc) is 3.06. The van der Waals surface area contributed by atoms with Gasteiger partial charge in [-0.2, -0.15) is 0 Å². The van der Waals surface area contributed by atoms with Crippen LogP contribution in [0.5, 0.6) is 11.5 Å². The van der Waals surface area contributed by atoms with Crippen molar-refractivity contribution in [2.75, 3.05) is 20.8 Å². The molecule has 2 N–H and O–H groups in total. The van der Waals surface area contributed by atoms with E-state index in [4.69, 9.17) is 9.47 Å². The van der Waals surface area contributed by atoms with E-state index in [9.17, 15) is 9.59 Å². The Balaban J connectivity index is 1.52. The van der Waals surface area contributed by atoms with Crippen molar-refractivity contribution in [3.8, 4) is 23.0 Å². The molecule has 0 unspecified atom stereocenters. The van der Waals surface area contributed by atoms with Crippen LogP contribution in [0.3, 0.4) is 0 Å². The van der Waals surface area contributed by atoms with E-state index >= 15 is 0 Å². The highest BCUT2D eigenvalue weighted by Crippen LogP contribution is 2.27. The smallest absolute Gasteiger partial charge is 0.346 e. The topological polar surface area (TPSA) is 112 Å². The van der Waals surface area contributed by atoms with E-state index in [1.165, 1.54) is 9.25 Å². The monoisotopic (exact) mass is 412 g/mol. The van der Waals surface area contributed by atoms with Gasteiger partial charge in [0, 0.05) is 26.3 Å². The van der Waals surface area contributed by atoms with Gasteiger partial charge in [-0.15, -0.1) is 5.10 Å². The first-order valence-corrected chi connectivity index (χ1v) is 9.31. The second kappa shape index (κ2) is 9.59. The predicted molar refractivity (Wildman–Crippen MR) is 110 cm³/mol. The molecule has 0 aliphatic carbocycles. The van der Waals surface area contributed by atoms with Gasteiger partial charge in [-0.1, -0.05) is 12.1 Å². The van der Waals surface area contributed by atoms with Crippen LogP contribution < -0.4 is 25.8 Å². The first-order valence-electron chi connectivity index (χ1n) is 9.31. The lowest BCUT2D eigenvalue weighted by Gasteiger charge is -2.11. The van der Waals surface area contributed by atoms with Gasteiger partial charge in [-0.3, -0.25) is 9.55 Å². The first kappa shape index (κ1) is 20.9. The Labute approximate surface area is 173 Å². The summed E-state index contributed by atoms with van der Waals surface area (Å²) >= 11 is 0. The Morgan fingerprint density at radius 2 is 1.90 bits per heavy atom. The van der Waals surface area contributed by atoms with Crippen molar-refractivity contribution in [1.29, 1.82) is 0 Å². The van der Waals surface area contributed by atoms with Gasteiger partial charge in [-0.05, 0) is 29.8 Å². The summed E-state index contributed by atoms with van der Waals surface area (Å²) in [6, 6.07) is 10.5. The highest BCUT2D eigenvalue weighted by atomic mass is 16.5. The van der Waals surface area contributed by atoms with Gasteiger partial charge in [-0.25, -0.2) is 14.3 Å². The average molecular weight is 412 g/mol. The number of carbonyl (C=O) groups is 1. The van der Waals surface area contributed by atoms with E-state index in [2.05, 4.69) is 20.7 Å². The van der Waals surface area contributed by atoms with Crippen molar-refractivity contribution < 1.29 is 14.3 Å². The summed E-state index contributed by atoms with van der Waals surface area (Å²) in [6.07, 6.45) is 1.64. The summed E-state index contributed by atoms with van der Waals surface area (Å²) in [5, 5.41) is 9.79. The largest absolute Gasteiger partial charge is 0.493 e. The van der Waals surface area contributed by atoms with E-state index in [0.717, 1.165) is 5.56 Å². The molecule has 0 aliphatic heterocycles. The molecule has 10 nitrogen and oxygen atoms in total. The van der Waals surface area contributed by atoms with Gasteiger partial charge in [0.15, 0.2) is 17.3 Å².